The molecule has 0 saturated carbocycles. The minimum Gasteiger partial charge on any atom is -0.508 e. The molecule has 2 N–H and O–H groups in total. The number of amides is 1. The van der Waals surface area contributed by atoms with E-state index in [1.807, 2.05) is 0 Å². The van der Waals surface area contributed by atoms with Crippen LogP contribution >= 0.6 is 0 Å². The van der Waals surface area contributed by atoms with E-state index in [1.54, 1.807) is 0 Å². The van der Waals surface area contributed by atoms with Crippen LogP contribution in [0.1, 0.15) is 19.3 Å². The highest BCUT2D eigenvalue weighted by molar-refractivity contribution is 7.89. The van der Waals surface area contributed by atoms with Gasteiger partial charge in [-0.2, -0.15) is 4.31 Å². The minimum absolute atomic E-state index is 0.00504. The number of likely N-dealkylation sites (N-methyl/N-ethyl adjacent to an activating group) is 1. The van der Waals surface area contributed by atoms with Crippen molar-refractivity contribution < 1.29 is 18.3 Å². The number of hydrogen-bond donors (Lipinski definition) is 2. The molecule has 7 heteroatoms. The number of nitrogens with one attached hydrogen (secondary N) is 1. The summed E-state index contributed by atoms with van der Waals surface area (Å²) in [6.07, 6.45) is 2.10. The molecule has 1 saturated heterocycles. The summed E-state index contributed by atoms with van der Waals surface area (Å²) in [5.41, 5.74) is 0. The largest absolute Gasteiger partial charge is 0.508 e. The third-order valence-electron chi connectivity index (χ3n) is 3.45. The molecule has 1 atom stereocenters. The lowest BCUT2D eigenvalue weighted by molar-refractivity contribution is -0.125. The molecule has 1 aromatic carbocycles. The molecule has 1 heterocycles. The van der Waals surface area contributed by atoms with E-state index in [0.29, 0.717) is 13.0 Å². The number of carbonyl (C=O) groups is 1. The predicted molar refractivity (Wildman–Crippen MR) is 73.7 cm³/mol. The van der Waals surface area contributed by atoms with Gasteiger partial charge in [0.05, 0.1) is 4.90 Å². The summed E-state index contributed by atoms with van der Waals surface area (Å²) in [4.78, 5) is 11.9. The Morgan fingerprint density at radius 1 is 1.30 bits per heavy atom. The fourth-order valence-corrected chi connectivity index (χ4v) is 4.03. The lowest BCUT2D eigenvalue weighted by Gasteiger charge is -2.33. The minimum atomic E-state index is -3.72. The van der Waals surface area contributed by atoms with Crippen molar-refractivity contribution >= 4 is 15.9 Å². The van der Waals surface area contributed by atoms with Crippen LogP contribution in [0.3, 0.4) is 0 Å². The summed E-state index contributed by atoms with van der Waals surface area (Å²) in [6.45, 7) is 0.335. The topological polar surface area (TPSA) is 86.7 Å². The summed E-state index contributed by atoms with van der Waals surface area (Å²) in [6, 6.07) is 4.69. The van der Waals surface area contributed by atoms with Gasteiger partial charge in [-0.3, -0.25) is 4.79 Å². The first-order chi connectivity index (χ1) is 9.46. The first kappa shape index (κ1) is 14.8. The Balaban J connectivity index is 2.35. The van der Waals surface area contributed by atoms with E-state index in [2.05, 4.69) is 5.32 Å². The monoisotopic (exact) mass is 298 g/mol. The zero-order valence-corrected chi connectivity index (χ0v) is 12.1. The lowest BCUT2D eigenvalue weighted by atomic mass is 10.0. The van der Waals surface area contributed by atoms with E-state index in [1.165, 1.54) is 35.6 Å². The quantitative estimate of drug-likeness (QED) is 0.859. The SMILES string of the molecule is CNC(=O)C1CCCCN1S(=O)(=O)c1ccc(O)cc1. The molecule has 2 rings (SSSR count). The Labute approximate surface area is 118 Å². The summed E-state index contributed by atoms with van der Waals surface area (Å²) in [7, 11) is -2.22. The van der Waals surface area contributed by atoms with E-state index in [-0.39, 0.29) is 16.6 Å². The van der Waals surface area contributed by atoms with Crippen molar-refractivity contribution in [2.75, 3.05) is 13.6 Å². The van der Waals surface area contributed by atoms with Gasteiger partial charge in [0.15, 0.2) is 0 Å². The highest BCUT2D eigenvalue weighted by Gasteiger charge is 2.37. The van der Waals surface area contributed by atoms with Crippen molar-refractivity contribution in [3.8, 4) is 5.75 Å². The molecule has 1 amide bonds. The number of piperidine rings is 1. The van der Waals surface area contributed by atoms with Crippen LogP contribution in [0, 0.1) is 0 Å². The van der Waals surface area contributed by atoms with Crippen molar-refractivity contribution in [3.05, 3.63) is 24.3 Å². The standard InChI is InChI=1S/C13H18N2O4S/c1-14-13(17)12-4-2-3-9-15(12)20(18,19)11-7-5-10(16)6-8-11/h5-8,12,16H,2-4,9H2,1H3,(H,14,17). The Morgan fingerprint density at radius 3 is 2.55 bits per heavy atom. The third kappa shape index (κ3) is 2.78. The van der Waals surface area contributed by atoms with Gasteiger partial charge in [-0.25, -0.2) is 8.42 Å². The number of aromatic hydroxyl groups is 1. The van der Waals surface area contributed by atoms with E-state index in [4.69, 9.17) is 0 Å². The average Bonchev–Trinajstić information content (AvgIpc) is 2.47. The summed E-state index contributed by atoms with van der Waals surface area (Å²) in [5, 5.41) is 11.8. The van der Waals surface area contributed by atoms with Gasteiger partial charge in [0.25, 0.3) is 0 Å². The second-order valence-electron chi connectivity index (χ2n) is 4.74. The molecule has 6 nitrogen and oxygen atoms in total. The second-order valence-corrected chi connectivity index (χ2v) is 6.63. The van der Waals surface area contributed by atoms with Gasteiger partial charge >= 0.3 is 0 Å². The van der Waals surface area contributed by atoms with Crippen LogP contribution in [-0.4, -0.2) is 43.4 Å². The number of benzene rings is 1. The molecule has 20 heavy (non-hydrogen) atoms. The number of carbonyl (C=O) groups excluding carboxylic acids is 1. The average molecular weight is 298 g/mol. The van der Waals surface area contributed by atoms with E-state index < -0.39 is 16.1 Å². The van der Waals surface area contributed by atoms with Crippen LogP contribution in [-0.2, 0) is 14.8 Å². The second kappa shape index (κ2) is 5.80. The van der Waals surface area contributed by atoms with Gasteiger partial charge in [0.2, 0.25) is 15.9 Å². The van der Waals surface area contributed by atoms with Crippen LogP contribution in [0.25, 0.3) is 0 Å². The molecule has 1 aliphatic heterocycles. The molecule has 1 aromatic rings. The van der Waals surface area contributed by atoms with Crippen molar-refractivity contribution in [2.45, 2.75) is 30.2 Å². The van der Waals surface area contributed by atoms with E-state index in [0.717, 1.165) is 12.8 Å². The van der Waals surface area contributed by atoms with Gasteiger partial charge in [-0.15, -0.1) is 0 Å². The normalized spacial score (nSPS) is 20.6. The van der Waals surface area contributed by atoms with Crippen LogP contribution in [0.5, 0.6) is 5.75 Å². The number of phenols is 1. The Kier molecular flexibility index (Phi) is 4.29. The van der Waals surface area contributed by atoms with Gasteiger partial charge in [-0.05, 0) is 37.1 Å². The Morgan fingerprint density at radius 2 is 1.95 bits per heavy atom. The zero-order valence-electron chi connectivity index (χ0n) is 11.2. The lowest BCUT2D eigenvalue weighted by Crippen LogP contribution is -2.51. The molecule has 0 radical (unpaired) electrons. The fraction of sp³-hybridized carbons (Fsp3) is 0.462. The van der Waals surface area contributed by atoms with Gasteiger partial charge in [-0.1, -0.05) is 6.42 Å². The van der Waals surface area contributed by atoms with E-state index in [9.17, 15) is 18.3 Å². The molecule has 0 bridgehead atoms. The number of hydrogen-bond acceptors (Lipinski definition) is 4. The summed E-state index contributed by atoms with van der Waals surface area (Å²) < 4.78 is 26.4. The molecule has 0 spiro atoms. The third-order valence-corrected chi connectivity index (χ3v) is 5.37. The van der Waals surface area contributed by atoms with Crippen LogP contribution in [0.15, 0.2) is 29.2 Å². The van der Waals surface area contributed by atoms with Crippen molar-refractivity contribution in [1.29, 1.82) is 0 Å². The summed E-state index contributed by atoms with van der Waals surface area (Å²) in [5.74, 6) is -0.280. The molecular weight excluding hydrogens is 280 g/mol. The number of phenolic OH excluding ortho intramolecular Hbond substituents is 1. The number of rotatable bonds is 3. The first-order valence-corrected chi connectivity index (χ1v) is 7.93. The Bertz CT molecular complexity index is 583. The van der Waals surface area contributed by atoms with E-state index >= 15 is 0 Å². The van der Waals surface area contributed by atoms with Gasteiger partial charge in [0, 0.05) is 13.6 Å². The zero-order chi connectivity index (χ0) is 14.8. The highest BCUT2D eigenvalue weighted by Crippen LogP contribution is 2.26. The van der Waals surface area contributed by atoms with Crippen molar-refractivity contribution in [1.82, 2.24) is 9.62 Å². The van der Waals surface area contributed by atoms with Gasteiger partial charge in [0.1, 0.15) is 11.8 Å². The molecule has 0 aromatic heterocycles. The number of nitrogens with zero attached hydrogens (tertiary/aromatic N) is 1. The summed E-state index contributed by atoms with van der Waals surface area (Å²) >= 11 is 0. The molecule has 1 aliphatic rings. The maximum Gasteiger partial charge on any atom is 0.243 e. The molecule has 110 valence electrons. The van der Waals surface area contributed by atoms with Crippen LogP contribution < -0.4 is 5.32 Å². The van der Waals surface area contributed by atoms with Crippen LogP contribution in [0.4, 0.5) is 0 Å². The molecule has 1 fully saturated rings. The Hall–Kier alpha value is -1.60. The van der Waals surface area contributed by atoms with Crippen molar-refractivity contribution in [3.63, 3.8) is 0 Å². The maximum absolute atomic E-state index is 12.6. The van der Waals surface area contributed by atoms with Crippen LogP contribution in [0.2, 0.25) is 0 Å². The predicted octanol–water partition coefficient (Wildman–Crippen LogP) is 0.681. The highest BCUT2D eigenvalue weighted by atomic mass is 32.2. The number of sulfonamides is 1. The fourth-order valence-electron chi connectivity index (χ4n) is 2.37. The maximum atomic E-state index is 12.6. The molecular formula is C13H18N2O4S. The molecule has 0 aliphatic carbocycles. The van der Waals surface area contributed by atoms with Gasteiger partial charge < -0.3 is 10.4 Å². The van der Waals surface area contributed by atoms with Crippen molar-refractivity contribution in [2.24, 2.45) is 0 Å². The first-order valence-electron chi connectivity index (χ1n) is 6.49. The molecule has 1 unspecified atom stereocenters. The smallest absolute Gasteiger partial charge is 0.243 e.